The molecule has 2 atom stereocenters. The number of hydrogen-bond donors (Lipinski definition) is 1. The van der Waals surface area contributed by atoms with Gasteiger partial charge in [-0.25, -0.2) is 4.39 Å². The number of halogens is 1. The van der Waals surface area contributed by atoms with Gasteiger partial charge in [0.25, 0.3) is 0 Å². The van der Waals surface area contributed by atoms with Crippen LogP contribution in [-0.2, 0) is 0 Å². The van der Waals surface area contributed by atoms with Crippen LogP contribution in [0.25, 0.3) is 0 Å². The van der Waals surface area contributed by atoms with Crippen molar-refractivity contribution in [2.45, 2.75) is 52.5 Å². The fraction of sp³-hybridized carbons (Fsp3) is 0.625. The Bertz CT molecular complexity index is 425. The first kappa shape index (κ1) is 13.5. The summed E-state index contributed by atoms with van der Waals surface area (Å²) in [6.45, 7) is 9.93. The summed E-state index contributed by atoms with van der Waals surface area (Å²) in [5.74, 6) is 0.418. The van der Waals surface area contributed by atoms with E-state index in [0.29, 0.717) is 12.0 Å². The van der Waals surface area contributed by atoms with Crippen molar-refractivity contribution >= 4 is 0 Å². The maximum absolute atomic E-state index is 13.2. The summed E-state index contributed by atoms with van der Waals surface area (Å²) >= 11 is 0. The van der Waals surface area contributed by atoms with Gasteiger partial charge in [-0.15, -0.1) is 0 Å². The quantitative estimate of drug-likeness (QED) is 0.850. The molecule has 1 fully saturated rings. The molecule has 1 aliphatic carbocycles. The van der Waals surface area contributed by atoms with Crippen LogP contribution in [0.2, 0.25) is 0 Å². The molecule has 2 unspecified atom stereocenters. The van der Waals surface area contributed by atoms with Gasteiger partial charge < -0.3 is 5.32 Å². The fourth-order valence-corrected chi connectivity index (χ4v) is 3.15. The van der Waals surface area contributed by atoms with Crippen LogP contribution in [-0.4, -0.2) is 12.6 Å². The van der Waals surface area contributed by atoms with Gasteiger partial charge in [0.2, 0.25) is 0 Å². The van der Waals surface area contributed by atoms with Crippen molar-refractivity contribution in [3.63, 3.8) is 0 Å². The molecule has 0 radical (unpaired) electrons. The second-order valence-electron chi connectivity index (χ2n) is 6.12. The molecule has 1 N–H and O–H groups in total. The van der Waals surface area contributed by atoms with E-state index in [1.54, 1.807) is 12.1 Å². The van der Waals surface area contributed by atoms with Crippen molar-refractivity contribution in [2.75, 3.05) is 6.54 Å². The molecule has 2 heteroatoms. The third-order valence-electron chi connectivity index (χ3n) is 4.52. The molecule has 0 aromatic heterocycles. The Hall–Kier alpha value is -0.890. The first-order valence-electron chi connectivity index (χ1n) is 6.96. The van der Waals surface area contributed by atoms with E-state index in [9.17, 15) is 4.39 Å². The van der Waals surface area contributed by atoms with Crippen LogP contribution >= 0.6 is 0 Å². The van der Waals surface area contributed by atoms with Gasteiger partial charge in [-0.2, -0.15) is 0 Å². The number of benzene rings is 1. The van der Waals surface area contributed by atoms with Crippen LogP contribution in [0, 0.1) is 18.2 Å². The summed E-state index contributed by atoms with van der Waals surface area (Å²) in [6.07, 6.45) is 2.34. The average molecular weight is 249 g/mol. The second-order valence-corrected chi connectivity index (χ2v) is 6.12. The van der Waals surface area contributed by atoms with Crippen LogP contribution < -0.4 is 5.32 Å². The standard InChI is InChI=1S/C16H24FN/c1-5-8-18-15-10-14(16(15,3)4)13-7-6-12(17)9-11(13)2/h6-7,9,14-15,18H,5,8,10H2,1-4H3. The molecule has 0 aliphatic heterocycles. The highest BCUT2D eigenvalue weighted by Crippen LogP contribution is 2.53. The van der Waals surface area contributed by atoms with Gasteiger partial charge in [0.1, 0.15) is 5.82 Å². The van der Waals surface area contributed by atoms with Gasteiger partial charge in [0, 0.05) is 6.04 Å². The third-order valence-corrected chi connectivity index (χ3v) is 4.52. The number of aryl methyl sites for hydroxylation is 1. The van der Waals surface area contributed by atoms with Gasteiger partial charge in [0.05, 0.1) is 0 Å². The van der Waals surface area contributed by atoms with Crippen molar-refractivity contribution < 1.29 is 4.39 Å². The van der Waals surface area contributed by atoms with Gasteiger partial charge >= 0.3 is 0 Å². The predicted molar refractivity (Wildman–Crippen MR) is 74.4 cm³/mol. The van der Waals surface area contributed by atoms with E-state index in [2.05, 4.69) is 26.1 Å². The van der Waals surface area contributed by atoms with Gasteiger partial charge in [-0.3, -0.25) is 0 Å². The van der Waals surface area contributed by atoms with E-state index in [4.69, 9.17) is 0 Å². The van der Waals surface area contributed by atoms with E-state index in [0.717, 1.165) is 12.1 Å². The topological polar surface area (TPSA) is 12.0 Å². The summed E-state index contributed by atoms with van der Waals surface area (Å²) in [6, 6.07) is 5.79. The third kappa shape index (κ3) is 2.31. The van der Waals surface area contributed by atoms with Crippen molar-refractivity contribution in [1.29, 1.82) is 0 Å². The Morgan fingerprint density at radius 2 is 2.11 bits per heavy atom. The number of rotatable bonds is 4. The minimum atomic E-state index is -0.131. The lowest BCUT2D eigenvalue weighted by Gasteiger charge is -2.53. The minimum absolute atomic E-state index is 0.131. The Morgan fingerprint density at radius 3 is 2.67 bits per heavy atom. The summed E-state index contributed by atoms with van der Waals surface area (Å²) in [7, 11) is 0. The lowest BCUT2D eigenvalue weighted by molar-refractivity contribution is 0.0690. The van der Waals surface area contributed by atoms with Crippen molar-refractivity contribution in [1.82, 2.24) is 5.32 Å². The zero-order valence-electron chi connectivity index (χ0n) is 11.9. The predicted octanol–water partition coefficient (Wildman–Crippen LogP) is 4.02. The Balaban J connectivity index is 2.12. The average Bonchev–Trinajstić information content (AvgIpc) is 2.30. The summed E-state index contributed by atoms with van der Waals surface area (Å²) < 4.78 is 13.2. The number of hydrogen-bond acceptors (Lipinski definition) is 1. The number of nitrogens with one attached hydrogen (secondary N) is 1. The molecule has 0 spiro atoms. The Morgan fingerprint density at radius 1 is 1.39 bits per heavy atom. The van der Waals surface area contributed by atoms with Gasteiger partial charge in [0.15, 0.2) is 0 Å². The molecule has 1 aromatic rings. The van der Waals surface area contributed by atoms with Gasteiger partial charge in [-0.05, 0) is 60.9 Å². The van der Waals surface area contributed by atoms with E-state index in [1.165, 1.54) is 18.4 Å². The highest BCUT2D eigenvalue weighted by molar-refractivity contribution is 5.34. The summed E-state index contributed by atoms with van der Waals surface area (Å²) in [4.78, 5) is 0. The normalized spacial score (nSPS) is 25.8. The van der Waals surface area contributed by atoms with E-state index < -0.39 is 0 Å². The lowest BCUT2D eigenvalue weighted by atomic mass is 9.56. The summed E-state index contributed by atoms with van der Waals surface area (Å²) in [5, 5.41) is 3.62. The zero-order valence-corrected chi connectivity index (χ0v) is 11.9. The van der Waals surface area contributed by atoms with Crippen molar-refractivity contribution in [2.24, 2.45) is 5.41 Å². The van der Waals surface area contributed by atoms with Crippen molar-refractivity contribution in [3.8, 4) is 0 Å². The fourth-order valence-electron chi connectivity index (χ4n) is 3.15. The first-order chi connectivity index (χ1) is 8.46. The highest BCUT2D eigenvalue weighted by Gasteiger charge is 2.48. The summed E-state index contributed by atoms with van der Waals surface area (Å²) in [5.41, 5.74) is 2.66. The molecule has 1 aliphatic rings. The van der Waals surface area contributed by atoms with E-state index >= 15 is 0 Å². The highest BCUT2D eigenvalue weighted by atomic mass is 19.1. The van der Waals surface area contributed by atoms with Crippen LogP contribution in [0.5, 0.6) is 0 Å². The molecular weight excluding hydrogens is 225 g/mol. The SMILES string of the molecule is CCCNC1CC(c2ccc(F)cc2C)C1(C)C. The molecular formula is C16H24FN. The maximum atomic E-state index is 13.2. The molecule has 100 valence electrons. The molecule has 0 saturated heterocycles. The van der Waals surface area contributed by atoms with Crippen LogP contribution in [0.3, 0.4) is 0 Å². The van der Waals surface area contributed by atoms with E-state index in [1.807, 2.05) is 13.0 Å². The minimum Gasteiger partial charge on any atom is -0.313 e. The van der Waals surface area contributed by atoms with Crippen LogP contribution in [0.4, 0.5) is 4.39 Å². The molecule has 0 heterocycles. The Kier molecular flexibility index (Phi) is 3.76. The lowest BCUT2D eigenvalue weighted by Crippen LogP contribution is -2.55. The monoisotopic (exact) mass is 249 g/mol. The molecule has 0 amide bonds. The molecule has 2 rings (SSSR count). The van der Waals surface area contributed by atoms with E-state index in [-0.39, 0.29) is 11.2 Å². The maximum Gasteiger partial charge on any atom is 0.123 e. The molecule has 18 heavy (non-hydrogen) atoms. The molecule has 1 aromatic carbocycles. The molecule has 1 nitrogen and oxygen atoms in total. The first-order valence-corrected chi connectivity index (χ1v) is 6.96. The van der Waals surface area contributed by atoms with Crippen LogP contribution in [0.15, 0.2) is 18.2 Å². The largest absolute Gasteiger partial charge is 0.313 e. The Labute approximate surface area is 110 Å². The second kappa shape index (κ2) is 5.00. The molecule has 1 saturated carbocycles. The smallest absolute Gasteiger partial charge is 0.123 e. The van der Waals surface area contributed by atoms with Crippen molar-refractivity contribution in [3.05, 3.63) is 35.1 Å². The van der Waals surface area contributed by atoms with Gasteiger partial charge in [-0.1, -0.05) is 26.8 Å². The zero-order chi connectivity index (χ0) is 13.3. The molecule has 0 bridgehead atoms. The van der Waals surface area contributed by atoms with Crippen LogP contribution in [0.1, 0.15) is 50.7 Å².